The molecule has 50 heavy (non-hydrogen) atoms. The number of aliphatic imine (C=N–C) groups is 1. The number of nitrogens with zero attached hydrogens (tertiary/aromatic N) is 5. The van der Waals surface area contributed by atoms with Crippen LogP contribution in [0.25, 0.3) is 11.1 Å². The summed E-state index contributed by atoms with van der Waals surface area (Å²) < 4.78 is 47.3. The predicted octanol–water partition coefficient (Wildman–Crippen LogP) is 7.13. The largest absolute Gasteiger partial charge is 0.493 e. The van der Waals surface area contributed by atoms with E-state index in [-0.39, 0.29) is 18.1 Å². The van der Waals surface area contributed by atoms with Gasteiger partial charge in [0.2, 0.25) is 5.91 Å². The summed E-state index contributed by atoms with van der Waals surface area (Å²) in [5.74, 6) is -4.80. The van der Waals surface area contributed by atoms with Crippen LogP contribution in [-0.2, 0) is 22.7 Å². The minimum Gasteiger partial charge on any atom is -0.493 e. The average Bonchev–Trinajstić information content (AvgIpc) is 3.55. The van der Waals surface area contributed by atoms with Crippen molar-refractivity contribution in [2.45, 2.75) is 78.4 Å². The summed E-state index contributed by atoms with van der Waals surface area (Å²) in [6.07, 6.45) is 3.08. The van der Waals surface area contributed by atoms with E-state index in [1.807, 2.05) is 30.7 Å². The van der Waals surface area contributed by atoms with Crippen LogP contribution in [0.15, 0.2) is 46.0 Å². The number of carbonyl (C=O) groups excluding carboxylic acids is 2. The minimum absolute atomic E-state index is 0.0489. The summed E-state index contributed by atoms with van der Waals surface area (Å²) in [6, 6.07) is 10.6. The zero-order valence-corrected chi connectivity index (χ0v) is 30.2. The molecule has 0 bridgehead atoms. The highest BCUT2D eigenvalue weighted by Gasteiger charge is 2.57. The molecule has 0 radical (unpaired) electrons. The Hall–Kier alpha value is -4.56. The standard InChI is InChI=1S/C36H42F2N6O5Si/c1-7-29-33(43-49-42-29)35(46)39-18-26(32-25-16-27(37)28(38)17-30(25)48-19-36(32)12-13-36)34(45)40-24-10-8-23(9-11-24)31-21(2)41-44(22(31)3)20-47-14-15-50(4,5)6/h8-11,16-18,26,32H,7,12-15,19-20H2,1-6H3,(H,40,45). The topological polar surface area (TPSA) is 134 Å². The number of aromatic nitrogens is 4. The Morgan fingerprint density at radius 2 is 1.86 bits per heavy atom. The smallest absolute Gasteiger partial charge is 0.300 e. The van der Waals surface area contributed by atoms with Crippen molar-refractivity contribution < 1.29 is 32.5 Å². The van der Waals surface area contributed by atoms with E-state index < -0.39 is 48.8 Å². The highest BCUT2D eigenvalue weighted by Crippen LogP contribution is 2.62. The number of nitrogens with one attached hydrogen (secondary N) is 1. The van der Waals surface area contributed by atoms with Gasteiger partial charge in [-0.05, 0) is 68.1 Å². The van der Waals surface area contributed by atoms with Crippen molar-refractivity contribution >= 4 is 31.8 Å². The van der Waals surface area contributed by atoms with Crippen molar-refractivity contribution in [1.29, 1.82) is 0 Å². The van der Waals surface area contributed by atoms with E-state index in [0.29, 0.717) is 49.5 Å². The van der Waals surface area contributed by atoms with Crippen LogP contribution >= 0.6 is 0 Å². The highest BCUT2D eigenvalue weighted by atomic mass is 28.3. The third-order valence-electron chi connectivity index (χ3n) is 9.60. The predicted molar refractivity (Wildman–Crippen MR) is 186 cm³/mol. The molecular weight excluding hydrogens is 663 g/mol. The molecule has 1 aliphatic heterocycles. The first kappa shape index (κ1) is 35.3. The Morgan fingerprint density at radius 1 is 1.14 bits per heavy atom. The minimum atomic E-state index is -1.20. The summed E-state index contributed by atoms with van der Waals surface area (Å²) >= 11 is 0. The molecule has 6 rings (SSSR count). The van der Waals surface area contributed by atoms with E-state index in [2.05, 4.69) is 40.3 Å². The van der Waals surface area contributed by atoms with E-state index in [9.17, 15) is 18.4 Å². The lowest BCUT2D eigenvalue weighted by molar-refractivity contribution is -0.119. The Balaban J connectivity index is 1.26. The number of fused-ring (bicyclic) bond motifs is 1. The first-order valence-electron chi connectivity index (χ1n) is 16.8. The van der Waals surface area contributed by atoms with Crippen LogP contribution in [0.1, 0.15) is 58.8 Å². The molecule has 2 aromatic carbocycles. The first-order chi connectivity index (χ1) is 23.8. The van der Waals surface area contributed by atoms with Gasteiger partial charge in [0.25, 0.3) is 0 Å². The molecule has 1 fully saturated rings. The fourth-order valence-electron chi connectivity index (χ4n) is 6.57. The van der Waals surface area contributed by atoms with Gasteiger partial charge in [0.1, 0.15) is 18.2 Å². The molecule has 264 valence electrons. The van der Waals surface area contributed by atoms with Gasteiger partial charge < -0.3 is 14.8 Å². The molecule has 2 unspecified atom stereocenters. The second-order valence-corrected chi connectivity index (χ2v) is 20.0. The number of benzene rings is 2. The number of aryl methyl sites for hydroxylation is 2. The number of hydrogen-bond donors (Lipinski definition) is 1. The quantitative estimate of drug-likeness (QED) is 0.0936. The van der Waals surface area contributed by atoms with Gasteiger partial charge in [-0.2, -0.15) is 5.10 Å². The fraction of sp³-hybridized carbons (Fsp3) is 0.444. The van der Waals surface area contributed by atoms with Gasteiger partial charge in [0.05, 0.1) is 18.2 Å². The van der Waals surface area contributed by atoms with Crippen molar-refractivity contribution in [2.24, 2.45) is 16.3 Å². The molecular formula is C36H42F2N6O5Si. The number of halogens is 2. The van der Waals surface area contributed by atoms with Crippen molar-refractivity contribution in [1.82, 2.24) is 20.1 Å². The van der Waals surface area contributed by atoms with E-state index in [4.69, 9.17) is 19.2 Å². The fourth-order valence-corrected chi connectivity index (χ4v) is 7.33. The Kier molecular flexibility index (Phi) is 9.86. The van der Waals surface area contributed by atoms with Crippen molar-refractivity contribution in [3.05, 3.63) is 76.4 Å². The third kappa shape index (κ3) is 7.31. The second-order valence-electron chi connectivity index (χ2n) is 14.4. The number of anilines is 1. The van der Waals surface area contributed by atoms with Crippen molar-refractivity contribution in [2.75, 3.05) is 18.5 Å². The van der Waals surface area contributed by atoms with Crippen molar-refractivity contribution in [3.8, 4) is 16.9 Å². The number of carbonyl (C=O) groups is 2. The van der Waals surface area contributed by atoms with E-state index >= 15 is 0 Å². The SMILES string of the molecule is CCc1nonc1C(=O)N=CC(C(=O)Nc1ccc(-c2c(C)nn(COCC[Si](C)(C)C)c2C)cc1)C1c2cc(F)c(F)cc2OCC12CC2. The molecule has 2 amide bonds. The molecule has 3 heterocycles. The van der Waals surface area contributed by atoms with Crippen LogP contribution in [0.2, 0.25) is 25.7 Å². The molecule has 0 saturated heterocycles. The summed E-state index contributed by atoms with van der Waals surface area (Å²) in [7, 11) is -1.20. The molecule has 2 aliphatic rings. The van der Waals surface area contributed by atoms with Crippen LogP contribution in [0.3, 0.4) is 0 Å². The zero-order chi connectivity index (χ0) is 35.8. The Labute approximate surface area is 290 Å². The second kappa shape index (κ2) is 14.0. The molecule has 2 aromatic heterocycles. The lowest BCUT2D eigenvalue weighted by atomic mass is 9.73. The van der Waals surface area contributed by atoms with Gasteiger partial charge >= 0.3 is 5.91 Å². The molecule has 1 aliphatic carbocycles. The maximum absolute atomic E-state index is 14.6. The van der Waals surface area contributed by atoms with E-state index in [0.717, 1.165) is 40.7 Å². The maximum Gasteiger partial charge on any atom is 0.300 e. The summed E-state index contributed by atoms with van der Waals surface area (Å²) in [5, 5.41) is 15.1. The van der Waals surface area contributed by atoms with Gasteiger partial charge in [-0.1, -0.05) is 43.9 Å². The molecule has 2 atom stereocenters. The first-order valence-corrected chi connectivity index (χ1v) is 20.6. The van der Waals surface area contributed by atoms with Crippen molar-refractivity contribution in [3.63, 3.8) is 0 Å². The average molecular weight is 705 g/mol. The molecule has 11 nitrogen and oxygen atoms in total. The lowest BCUT2D eigenvalue weighted by Gasteiger charge is -2.37. The van der Waals surface area contributed by atoms with Gasteiger partial charge in [0.15, 0.2) is 17.3 Å². The normalized spacial score (nSPS) is 17.1. The number of rotatable bonds is 12. The van der Waals surface area contributed by atoms with E-state index in [1.165, 1.54) is 6.21 Å². The molecule has 1 spiro atoms. The highest BCUT2D eigenvalue weighted by molar-refractivity contribution is 6.76. The van der Waals surface area contributed by atoms with Crippen LogP contribution < -0.4 is 10.1 Å². The lowest BCUT2D eigenvalue weighted by Crippen LogP contribution is -2.39. The maximum atomic E-state index is 14.6. The number of hydrogen-bond acceptors (Lipinski definition) is 8. The summed E-state index contributed by atoms with van der Waals surface area (Å²) in [5.41, 5.74) is 4.39. The van der Waals surface area contributed by atoms with Crippen LogP contribution in [0, 0.1) is 36.8 Å². The molecule has 4 aromatic rings. The van der Waals surface area contributed by atoms with Crippen LogP contribution in [0.5, 0.6) is 5.75 Å². The van der Waals surface area contributed by atoms with E-state index in [1.54, 1.807) is 19.1 Å². The van der Waals surface area contributed by atoms with Gasteiger partial charge in [-0.3, -0.25) is 9.59 Å². The monoisotopic (exact) mass is 704 g/mol. The Morgan fingerprint density at radius 3 is 2.54 bits per heavy atom. The van der Waals surface area contributed by atoms with Gasteiger partial charge in [-0.15, -0.1) is 0 Å². The summed E-state index contributed by atoms with van der Waals surface area (Å²) in [6.45, 7) is 14.0. The van der Waals surface area contributed by atoms with Crippen LogP contribution in [-0.4, -0.2) is 59.4 Å². The van der Waals surface area contributed by atoms with Gasteiger partial charge in [-0.25, -0.2) is 23.1 Å². The van der Waals surface area contributed by atoms with Crippen LogP contribution in [0.4, 0.5) is 14.5 Å². The number of amides is 2. The molecule has 1 N–H and O–H groups in total. The summed E-state index contributed by atoms with van der Waals surface area (Å²) in [4.78, 5) is 31.4. The Bertz CT molecular complexity index is 1930. The van der Waals surface area contributed by atoms with Gasteiger partial charge in [0, 0.05) is 60.8 Å². The zero-order valence-electron chi connectivity index (χ0n) is 29.2. The third-order valence-corrected chi connectivity index (χ3v) is 11.3. The molecule has 14 heteroatoms. The number of ether oxygens (including phenoxy) is 2. The molecule has 1 saturated carbocycles.